The lowest BCUT2D eigenvalue weighted by Gasteiger charge is -2.66. The number of rotatable bonds is 19. The average molecular weight is 1310 g/mol. The second-order valence-electron chi connectivity index (χ2n) is 27.3. The van der Waals surface area contributed by atoms with Crippen LogP contribution in [0, 0.1) is 33.5 Å². The molecule has 20 N–H and O–H groups in total. The van der Waals surface area contributed by atoms with Crippen LogP contribution in [0.1, 0.15) is 85.5 Å². The summed E-state index contributed by atoms with van der Waals surface area (Å²) >= 11 is 0. The number of hydrogen-bond donors (Lipinski definition) is 20. The first-order valence-electron chi connectivity index (χ1n) is 31.0. The lowest BCUT2D eigenvalue weighted by molar-refractivity contribution is -0.389. The van der Waals surface area contributed by atoms with Crippen LogP contribution in [0.4, 0.5) is 0 Å². The van der Waals surface area contributed by atoms with Gasteiger partial charge in [-0.15, -0.1) is 0 Å². The molecule has 6 aliphatic heterocycles. The number of esters is 1. The number of hydrogen-bond acceptors (Lipinski definition) is 32. The molecule has 6 heterocycles. The summed E-state index contributed by atoms with van der Waals surface area (Å²) in [6.07, 6.45) is -50.5. The molecule has 0 spiro atoms. The van der Waals surface area contributed by atoms with E-state index in [1.54, 1.807) is 6.92 Å². The van der Waals surface area contributed by atoms with E-state index in [0.29, 0.717) is 50.5 Å². The van der Waals surface area contributed by atoms with Crippen LogP contribution in [0.25, 0.3) is 0 Å². The molecular formula is C58H96O32. The molecule has 0 bridgehead atoms. The van der Waals surface area contributed by atoms with Crippen LogP contribution in [-0.2, 0) is 56.9 Å². The smallest absolute Gasteiger partial charge is 0.314 e. The third-order valence-electron chi connectivity index (χ3n) is 21.8. The van der Waals surface area contributed by atoms with Gasteiger partial charge in [-0.2, -0.15) is 0 Å². The Kier molecular flexibility index (Phi) is 23.0. The molecule has 3 aliphatic carbocycles. The van der Waals surface area contributed by atoms with Gasteiger partial charge in [0.15, 0.2) is 31.3 Å². The van der Waals surface area contributed by atoms with Crippen molar-refractivity contribution in [2.24, 2.45) is 33.5 Å². The first kappa shape index (κ1) is 72.3. The van der Waals surface area contributed by atoms with Crippen molar-refractivity contribution in [3.8, 4) is 0 Å². The van der Waals surface area contributed by atoms with Crippen molar-refractivity contribution in [3.63, 3.8) is 0 Å². The van der Waals surface area contributed by atoms with Crippen molar-refractivity contribution in [1.29, 1.82) is 0 Å². The van der Waals surface area contributed by atoms with Gasteiger partial charge in [0, 0.05) is 0 Å². The molecule has 36 atom stereocenters. The van der Waals surface area contributed by atoms with Gasteiger partial charge in [-0.1, -0.05) is 32.4 Å². The molecule has 9 rings (SSSR count). The number of carbonyl (C=O) groups excluding carboxylic acids is 1. The summed E-state index contributed by atoms with van der Waals surface area (Å²) in [6, 6.07) is 0. The second-order valence-corrected chi connectivity index (χ2v) is 27.3. The molecule has 520 valence electrons. The van der Waals surface area contributed by atoms with E-state index in [9.17, 15) is 102 Å². The van der Waals surface area contributed by atoms with Crippen molar-refractivity contribution in [1.82, 2.24) is 0 Å². The van der Waals surface area contributed by atoms with Crippen LogP contribution in [0.15, 0.2) is 12.2 Å². The number of aliphatic hydroxyl groups excluding tert-OH is 20. The van der Waals surface area contributed by atoms with E-state index >= 15 is 4.79 Å². The summed E-state index contributed by atoms with van der Waals surface area (Å²) in [4.78, 5) is 15.4. The minimum Gasteiger partial charge on any atom is -0.432 e. The van der Waals surface area contributed by atoms with E-state index in [1.807, 2.05) is 6.92 Å². The van der Waals surface area contributed by atoms with Gasteiger partial charge in [-0.05, 0) is 93.3 Å². The Morgan fingerprint density at radius 2 is 0.767 bits per heavy atom. The Morgan fingerprint density at radius 1 is 0.411 bits per heavy atom. The minimum atomic E-state index is -2.07. The first-order chi connectivity index (χ1) is 42.4. The molecule has 0 aromatic rings. The van der Waals surface area contributed by atoms with E-state index in [2.05, 4.69) is 20.4 Å². The molecule has 6 saturated heterocycles. The Morgan fingerprint density at radius 3 is 1.18 bits per heavy atom. The van der Waals surface area contributed by atoms with Gasteiger partial charge in [0.25, 0.3) is 0 Å². The fourth-order valence-corrected chi connectivity index (χ4v) is 16.6. The summed E-state index contributed by atoms with van der Waals surface area (Å²) in [5.74, 6) is -1.37. The predicted molar refractivity (Wildman–Crippen MR) is 294 cm³/mol. The summed E-state index contributed by atoms with van der Waals surface area (Å²) in [7, 11) is 0. The van der Waals surface area contributed by atoms with Gasteiger partial charge < -0.3 is 154 Å². The summed E-state index contributed by atoms with van der Waals surface area (Å²) in [5, 5.41) is 215. The van der Waals surface area contributed by atoms with Crippen molar-refractivity contribution >= 4 is 5.97 Å². The normalized spacial score (nSPS) is 53.5. The quantitative estimate of drug-likeness (QED) is 0.0422. The molecule has 0 amide bonds. The molecule has 0 radical (unpaired) electrons. The Balaban J connectivity index is 0.999. The fourth-order valence-electron chi connectivity index (χ4n) is 16.6. The zero-order chi connectivity index (χ0) is 66.0. The van der Waals surface area contributed by atoms with Gasteiger partial charge in [0.1, 0.15) is 140 Å². The van der Waals surface area contributed by atoms with E-state index in [-0.39, 0.29) is 18.8 Å². The summed E-state index contributed by atoms with van der Waals surface area (Å²) < 4.78 is 66.5. The van der Waals surface area contributed by atoms with Gasteiger partial charge in [-0.3, -0.25) is 4.79 Å². The first-order valence-corrected chi connectivity index (χ1v) is 31.0. The van der Waals surface area contributed by atoms with Gasteiger partial charge in [-0.25, -0.2) is 0 Å². The van der Waals surface area contributed by atoms with Crippen molar-refractivity contribution in [3.05, 3.63) is 12.2 Å². The van der Waals surface area contributed by atoms with Gasteiger partial charge >= 0.3 is 5.97 Å². The monoisotopic (exact) mass is 1300 g/mol. The second kappa shape index (κ2) is 28.6. The molecular weight excluding hydrogens is 1210 g/mol. The zero-order valence-corrected chi connectivity index (χ0v) is 50.6. The third-order valence-corrected chi connectivity index (χ3v) is 21.8. The van der Waals surface area contributed by atoms with Gasteiger partial charge in [0.05, 0.1) is 51.2 Å². The maximum Gasteiger partial charge on any atom is 0.314 e. The van der Waals surface area contributed by atoms with Crippen LogP contribution in [0.3, 0.4) is 0 Å². The number of ether oxygens (including phenoxy) is 11. The maximum absolute atomic E-state index is 15.4. The highest BCUT2D eigenvalue weighted by molar-refractivity contribution is 5.77. The van der Waals surface area contributed by atoms with Crippen LogP contribution >= 0.6 is 0 Å². The number of aliphatic hydroxyl groups is 20. The highest BCUT2D eigenvalue weighted by Gasteiger charge is 2.66. The van der Waals surface area contributed by atoms with Crippen LogP contribution in [-0.4, -0.2) is 332 Å². The standard InChI is InChI=1S/C58H96O32/c1-21(2)58(13-22-45(86-49-41(75)37(71)31(65)23(14-59)81-49)46(35(69)27(18-63)80-22)87-50-42(76)38(72)32(66)24(15-60)82-50)12-8-29-55(3,20-58)11-7-30-56(29,4)9-6-10-57(30,5)54(79)90-53-48(89-52-44(78)40(74)34(68)26(17-62)84-52)47(36(70)28(19-64)85-53)88-51-43(77)39(73)33(67)25(16-61)83-51/h22-53,59-78H,1,6-20H2,2-5H3/t22?,23?,24?,25?,26?,27?,28?,29-,30+,31?,32?,33?,34?,35?,36?,37?,38?,39?,40?,41?,42?,43?,44?,45?,46?,47?,48?,49?,50?,51?,52?,53?,55+,56+,57-,58+/m1/s1. The van der Waals surface area contributed by atoms with Crippen LogP contribution < -0.4 is 0 Å². The van der Waals surface area contributed by atoms with Crippen molar-refractivity contribution in [2.45, 2.75) is 270 Å². The molecule has 9 aliphatic rings. The molecule has 90 heavy (non-hydrogen) atoms. The minimum absolute atomic E-state index is 0.00699. The average Bonchev–Trinajstić information content (AvgIpc) is 0.707. The molecule has 32 nitrogen and oxygen atoms in total. The van der Waals surface area contributed by atoms with Crippen LogP contribution in [0.2, 0.25) is 0 Å². The fraction of sp³-hybridized carbons (Fsp3) is 0.948. The highest BCUT2D eigenvalue weighted by Crippen LogP contribution is 2.71. The third kappa shape index (κ3) is 13.2. The van der Waals surface area contributed by atoms with Crippen molar-refractivity contribution in [2.75, 3.05) is 39.6 Å². The molecule has 3 saturated carbocycles. The summed E-state index contributed by atoms with van der Waals surface area (Å²) in [6.45, 7) is 7.13. The number of fused-ring (bicyclic) bond motifs is 3. The topological polar surface area (TPSA) is 523 Å². The highest BCUT2D eigenvalue weighted by atomic mass is 16.8. The predicted octanol–water partition coefficient (Wildman–Crippen LogP) is -8.17. The zero-order valence-electron chi connectivity index (χ0n) is 50.6. The Hall–Kier alpha value is -1.99. The number of carbonyl (C=O) groups is 1. The largest absolute Gasteiger partial charge is 0.432 e. The lowest BCUT2D eigenvalue weighted by atomic mass is 9.38. The van der Waals surface area contributed by atoms with Gasteiger partial charge in [0.2, 0.25) is 6.29 Å². The molecule has 30 unspecified atom stereocenters. The van der Waals surface area contributed by atoms with E-state index in [0.717, 1.165) is 0 Å². The van der Waals surface area contributed by atoms with Crippen LogP contribution in [0.5, 0.6) is 0 Å². The van der Waals surface area contributed by atoms with E-state index < -0.39 is 257 Å². The Labute approximate surface area is 518 Å². The summed E-state index contributed by atoms with van der Waals surface area (Å²) in [5.41, 5.74) is -2.68. The SMILES string of the molecule is C=C(C)[C@]1(CC2OC(CO)C(O)C(OC3OC(CO)C(O)C(O)C3O)C2OC2OC(CO)C(O)C(O)C2O)CC[C@@H]2[C@@](C)(CC[C@H]3[C@@]2(C)CCC[C@@]3(C)C(=O)OC2OC(CO)C(O)C(OC3OC(CO)C(O)C(O)C3O)C2OC2OC(CO)C(O)C(O)C2O)C1. The maximum atomic E-state index is 15.4. The van der Waals surface area contributed by atoms with E-state index in [1.165, 1.54) is 0 Å². The van der Waals surface area contributed by atoms with E-state index in [4.69, 9.17) is 52.1 Å². The molecule has 32 heteroatoms. The Bertz CT molecular complexity index is 2380. The molecule has 9 fully saturated rings. The molecule has 0 aromatic carbocycles. The number of allylic oxidation sites excluding steroid dienone is 1. The van der Waals surface area contributed by atoms with Crippen molar-refractivity contribution < 1.29 is 159 Å². The molecule has 0 aromatic heterocycles. The lowest BCUT2D eigenvalue weighted by Crippen LogP contribution is -2.68.